The van der Waals surface area contributed by atoms with Gasteiger partial charge < -0.3 is 18.9 Å². The van der Waals surface area contributed by atoms with Crippen LogP contribution in [-0.4, -0.2) is 75.6 Å². The van der Waals surface area contributed by atoms with Crippen molar-refractivity contribution in [1.82, 2.24) is 24.6 Å². The van der Waals surface area contributed by atoms with Gasteiger partial charge in [-0.1, -0.05) is 48.2 Å². The number of aromatic nitrogens is 3. The van der Waals surface area contributed by atoms with Gasteiger partial charge in [0.2, 0.25) is 5.91 Å². The van der Waals surface area contributed by atoms with Gasteiger partial charge in [-0.2, -0.15) is 0 Å². The Morgan fingerprint density at radius 2 is 1.68 bits per heavy atom. The lowest BCUT2D eigenvalue weighted by molar-refractivity contribution is -0.130. The third kappa shape index (κ3) is 5.37. The van der Waals surface area contributed by atoms with E-state index in [0.717, 1.165) is 55.2 Å². The highest BCUT2D eigenvalue weighted by molar-refractivity contribution is 7.99. The summed E-state index contributed by atoms with van der Waals surface area (Å²) < 4.78 is 13.4. The number of thioether (sulfide) groups is 1. The van der Waals surface area contributed by atoms with Crippen LogP contribution >= 0.6 is 11.8 Å². The van der Waals surface area contributed by atoms with Gasteiger partial charge in [-0.05, 0) is 30.2 Å². The van der Waals surface area contributed by atoms with Crippen LogP contribution < -0.4 is 9.47 Å². The minimum absolute atomic E-state index is 0.149. The topological polar surface area (TPSA) is 72.7 Å². The first kappa shape index (κ1) is 22.7. The molecule has 1 fully saturated rings. The molecule has 3 heterocycles. The Morgan fingerprint density at radius 1 is 0.912 bits per heavy atom. The molecule has 0 bridgehead atoms. The molecule has 8 nitrogen and oxygen atoms in total. The van der Waals surface area contributed by atoms with Crippen molar-refractivity contribution in [2.75, 3.05) is 45.1 Å². The molecule has 2 aliphatic heterocycles. The van der Waals surface area contributed by atoms with Gasteiger partial charge in [-0.3, -0.25) is 9.69 Å². The maximum atomic E-state index is 12.9. The molecule has 1 aromatic heterocycles. The van der Waals surface area contributed by atoms with E-state index in [1.165, 1.54) is 22.9 Å². The molecule has 178 valence electrons. The minimum atomic E-state index is 0.149. The van der Waals surface area contributed by atoms with E-state index in [-0.39, 0.29) is 5.91 Å². The minimum Gasteiger partial charge on any atom is -0.486 e. The van der Waals surface area contributed by atoms with Crippen molar-refractivity contribution in [3.05, 3.63) is 65.5 Å². The fourth-order valence-corrected chi connectivity index (χ4v) is 5.12. The summed E-state index contributed by atoms with van der Waals surface area (Å²) in [4.78, 5) is 17.2. The molecule has 1 saturated heterocycles. The van der Waals surface area contributed by atoms with Crippen LogP contribution in [0.5, 0.6) is 11.5 Å². The molecule has 0 radical (unpaired) electrons. The summed E-state index contributed by atoms with van der Waals surface area (Å²) in [7, 11) is 0. The maximum absolute atomic E-state index is 12.9. The zero-order valence-electron chi connectivity index (χ0n) is 19.4. The van der Waals surface area contributed by atoms with Gasteiger partial charge in [0.1, 0.15) is 19.0 Å². The van der Waals surface area contributed by atoms with Crippen molar-refractivity contribution in [2.45, 2.75) is 25.2 Å². The molecule has 0 atom stereocenters. The SMILES string of the molecule is Cc1nnc(SCC(=O)N2CCN(Cc3ccc4c(c3)OCCO4)CC2)n1Cc1ccccc1. The van der Waals surface area contributed by atoms with Crippen molar-refractivity contribution in [2.24, 2.45) is 0 Å². The second-order valence-electron chi connectivity index (χ2n) is 8.53. The lowest BCUT2D eigenvalue weighted by Gasteiger charge is -2.34. The maximum Gasteiger partial charge on any atom is 0.233 e. The molecule has 0 aliphatic carbocycles. The van der Waals surface area contributed by atoms with Gasteiger partial charge in [-0.15, -0.1) is 10.2 Å². The second kappa shape index (κ2) is 10.5. The molecule has 0 saturated carbocycles. The lowest BCUT2D eigenvalue weighted by Crippen LogP contribution is -2.48. The number of hydrogen-bond donors (Lipinski definition) is 0. The van der Waals surface area contributed by atoms with E-state index in [4.69, 9.17) is 9.47 Å². The zero-order chi connectivity index (χ0) is 23.3. The number of ether oxygens (including phenoxy) is 2. The third-order valence-corrected chi connectivity index (χ3v) is 7.10. The first-order valence-corrected chi connectivity index (χ1v) is 12.6. The Labute approximate surface area is 203 Å². The van der Waals surface area contributed by atoms with Gasteiger partial charge >= 0.3 is 0 Å². The van der Waals surface area contributed by atoms with Crippen LogP contribution in [0.4, 0.5) is 0 Å². The molecular formula is C25H29N5O3S. The molecule has 0 unspecified atom stereocenters. The molecule has 5 rings (SSSR count). The number of carbonyl (C=O) groups is 1. The smallest absolute Gasteiger partial charge is 0.233 e. The number of aryl methyl sites for hydroxylation is 1. The molecule has 2 aromatic carbocycles. The van der Waals surface area contributed by atoms with Crippen LogP contribution in [0.15, 0.2) is 53.7 Å². The average Bonchev–Trinajstić information content (AvgIpc) is 3.22. The number of rotatable bonds is 7. The van der Waals surface area contributed by atoms with Gasteiger partial charge in [-0.25, -0.2) is 0 Å². The first-order chi connectivity index (χ1) is 16.7. The molecular weight excluding hydrogens is 450 g/mol. The number of hydrogen-bond acceptors (Lipinski definition) is 7. The molecule has 0 spiro atoms. The first-order valence-electron chi connectivity index (χ1n) is 11.6. The number of fused-ring (bicyclic) bond motifs is 1. The Balaban J connectivity index is 1.11. The largest absolute Gasteiger partial charge is 0.486 e. The van der Waals surface area contributed by atoms with Crippen molar-refractivity contribution in [3.63, 3.8) is 0 Å². The van der Waals surface area contributed by atoms with Crippen molar-refractivity contribution < 1.29 is 14.3 Å². The van der Waals surface area contributed by atoms with Gasteiger partial charge in [0.25, 0.3) is 0 Å². The molecule has 1 amide bonds. The van der Waals surface area contributed by atoms with E-state index >= 15 is 0 Å². The Hall–Kier alpha value is -3.04. The normalized spacial score (nSPS) is 16.0. The average molecular weight is 480 g/mol. The summed E-state index contributed by atoms with van der Waals surface area (Å²) in [5.41, 5.74) is 2.39. The number of amides is 1. The summed E-state index contributed by atoms with van der Waals surface area (Å²) in [5.74, 6) is 3.01. The molecule has 0 N–H and O–H groups in total. The van der Waals surface area contributed by atoms with Crippen LogP contribution in [0.25, 0.3) is 0 Å². The highest BCUT2D eigenvalue weighted by Gasteiger charge is 2.23. The molecule has 34 heavy (non-hydrogen) atoms. The fourth-order valence-electron chi connectivity index (χ4n) is 4.23. The summed E-state index contributed by atoms with van der Waals surface area (Å²) in [6, 6.07) is 16.4. The van der Waals surface area contributed by atoms with Crippen LogP contribution in [0.1, 0.15) is 17.0 Å². The predicted molar refractivity (Wildman–Crippen MR) is 130 cm³/mol. The van der Waals surface area contributed by atoms with Crippen molar-refractivity contribution in [3.8, 4) is 11.5 Å². The number of carbonyl (C=O) groups excluding carboxylic acids is 1. The predicted octanol–water partition coefficient (Wildman–Crippen LogP) is 2.84. The Kier molecular flexibility index (Phi) is 7.01. The van der Waals surface area contributed by atoms with Crippen molar-refractivity contribution in [1.29, 1.82) is 0 Å². The van der Waals surface area contributed by atoms with E-state index in [9.17, 15) is 4.79 Å². The Bertz CT molecular complexity index is 1130. The van der Waals surface area contributed by atoms with E-state index in [1.807, 2.05) is 36.1 Å². The van der Waals surface area contributed by atoms with Crippen LogP contribution in [-0.2, 0) is 17.9 Å². The van der Waals surface area contributed by atoms with Gasteiger partial charge in [0, 0.05) is 32.7 Å². The second-order valence-corrected chi connectivity index (χ2v) is 9.47. The summed E-state index contributed by atoms with van der Waals surface area (Å²) >= 11 is 1.46. The standard InChI is InChI=1S/C25H29N5O3S/c1-19-26-27-25(30(19)17-20-5-3-2-4-6-20)34-18-24(31)29-11-9-28(10-12-29)16-21-7-8-22-23(15-21)33-14-13-32-22/h2-8,15H,9-14,16-18H2,1H3. The van der Waals surface area contributed by atoms with Crippen LogP contribution in [0.3, 0.4) is 0 Å². The monoisotopic (exact) mass is 479 g/mol. The van der Waals surface area contributed by atoms with E-state index in [2.05, 4.69) is 43.9 Å². The van der Waals surface area contributed by atoms with Gasteiger partial charge in [0.15, 0.2) is 16.7 Å². The number of piperazine rings is 1. The Morgan fingerprint density at radius 3 is 2.47 bits per heavy atom. The van der Waals surface area contributed by atoms with E-state index in [1.54, 1.807) is 0 Å². The quantitative estimate of drug-likeness (QED) is 0.483. The third-order valence-electron chi connectivity index (χ3n) is 6.15. The van der Waals surface area contributed by atoms with E-state index in [0.29, 0.717) is 25.5 Å². The fraction of sp³-hybridized carbons (Fsp3) is 0.400. The van der Waals surface area contributed by atoms with E-state index < -0.39 is 0 Å². The number of nitrogens with zero attached hydrogens (tertiary/aromatic N) is 5. The summed E-state index contributed by atoms with van der Waals surface area (Å²) in [6.07, 6.45) is 0. The number of benzene rings is 2. The van der Waals surface area contributed by atoms with Crippen LogP contribution in [0.2, 0.25) is 0 Å². The van der Waals surface area contributed by atoms with Crippen LogP contribution in [0, 0.1) is 6.92 Å². The van der Waals surface area contributed by atoms with Gasteiger partial charge in [0.05, 0.1) is 12.3 Å². The molecule has 2 aliphatic rings. The highest BCUT2D eigenvalue weighted by Crippen LogP contribution is 2.31. The molecule has 9 heteroatoms. The highest BCUT2D eigenvalue weighted by atomic mass is 32.2. The zero-order valence-corrected chi connectivity index (χ0v) is 20.2. The summed E-state index contributed by atoms with van der Waals surface area (Å²) in [5, 5.41) is 9.30. The van der Waals surface area contributed by atoms with Crippen molar-refractivity contribution >= 4 is 17.7 Å². The summed E-state index contributed by atoms with van der Waals surface area (Å²) in [6.45, 7) is 7.87. The lowest BCUT2D eigenvalue weighted by atomic mass is 10.1. The molecule has 3 aromatic rings.